The maximum absolute atomic E-state index is 5.27. The van der Waals surface area contributed by atoms with Crippen molar-refractivity contribution in [3.63, 3.8) is 0 Å². The van der Waals surface area contributed by atoms with Gasteiger partial charge in [-0.05, 0) is 97.0 Å². The van der Waals surface area contributed by atoms with Gasteiger partial charge in [-0.2, -0.15) is 0 Å². The molecule has 0 aliphatic rings. The highest BCUT2D eigenvalue weighted by Crippen LogP contribution is 2.36. The number of methoxy groups -OCH3 is 1. The molecule has 5 heteroatoms. The third-order valence-corrected chi connectivity index (χ3v) is 5.09. The van der Waals surface area contributed by atoms with Gasteiger partial charge < -0.3 is 10.1 Å². The lowest BCUT2D eigenvalue weighted by atomic mass is 10.1. The van der Waals surface area contributed by atoms with Crippen molar-refractivity contribution < 1.29 is 4.74 Å². The van der Waals surface area contributed by atoms with Crippen molar-refractivity contribution in [3.05, 3.63) is 54.9 Å². The van der Waals surface area contributed by atoms with Gasteiger partial charge >= 0.3 is 0 Å². The van der Waals surface area contributed by atoms with Crippen molar-refractivity contribution in [1.82, 2.24) is 0 Å². The molecule has 21 heavy (non-hydrogen) atoms. The second-order valence-corrected chi connectivity index (χ2v) is 7.43. The monoisotopic (exact) mass is 475 g/mol. The maximum Gasteiger partial charge on any atom is 0.133 e. The topological polar surface area (TPSA) is 21.3 Å². The van der Waals surface area contributed by atoms with Crippen LogP contribution < -0.4 is 10.1 Å². The van der Waals surface area contributed by atoms with E-state index >= 15 is 0 Å². The molecular formula is C16H16Br3NO. The van der Waals surface area contributed by atoms with E-state index in [1.807, 2.05) is 6.07 Å². The minimum absolute atomic E-state index is 0.169. The fourth-order valence-corrected chi connectivity index (χ4v) is 4.29. The molecule has 2 nitrogen and oxygen atoms in total. The largest absolute Gasteiger partial charge is 0.496 e. The minimum atomic E-state index is 0.169. The Hall–Kier alpha value is -0.520. The second kappa shape index (κ2) is 7.16. The summed E-state index contributed by atoms with van der Waals surface area (Å²) in [6, 6.07) is 10.5. The molecule has 0 aliphatic carbocycles. The number of hydrogen-bond acceptors (Lipinski definition) is 2. The quantitative estimate of drug-likeness (QED) is 0.545. The van der Waals surface area contributed by atoms with Gasteiger partial charge in [0.1, 0.15) is 5.75 Å². The lowest BCUT2D eigenvalue weighted by Gasteiger charge is -2.19. The third-order valence-electron chi connectivity index (χ3n) is 3.22. The Morgan fingerprint density at radius 2 is 1.62 bits per heavy atom. The molecule has 1 unspecified atom stereocenters. The van der Waals surface area contributed by atoms with Crippen LogP contribution in [0.1, 0.15) is 24.1 Å². The summed E-state index contributed by atoms with van der Waals surface area (Å²) < 4.78 is 8.32. The lowest BCUT2D eigenvalue weighted by molar-refractivity contribution is 0.412. The van der Waals surface area contributed by atoms with Crippen LogP contribution in [0.3, 0.4) is 0 Å². The number of aryl methyl sites for hydroxylation is 1. The van der Waals surface area contributed by atoms with E-state index < -0.39 is 0 Å². The molecule has 2 aromatic rings. The maximum atomic E-state index is 5.27. The Morgan fingerprint density at radius 1 is 1.00 bits per heavy atom. The molecule has 0 bridgehead atoms. The molecule has 2 rings (SSSR count). The van der Waals surface area contributed by atoms with E-state index in [0.717, 1.165) is 24.9 Å². The fraction of sp³-hybridized carbons (Fsp3) is 0.250. The van der Waals surface area contributed by atoms with Crippen molar-refractivity contribution in [3.8, 4) is 5.75 Å². The first kappa shape index (κ1) is 16.8. The molecule has 0 fully saturated rings. The van der Waals surface area contributed by atoms with Crippen molar-refractivity contribution in [2.24, 2.45) is 0 Å². The van der Waals surface area contributed by atoms with Crippen molar-refractivity contribution >= 4 is 53.5 Å². The standard InChI is InChI=1S/C16H16Br3NO/c1-9-6-13(18)16(14(19)7-9)20-10(2)11-4-5-15(21-3)12(17)8-11/h4-8,10,20H,1-3H3. The molecule has 0 aliphatic heterocycles. The van der Waals surface area contributed by atoms with Crippen molar-refractivity contribution in [1.29, 1.82) is 0 Å². The fourth-order valence-electron chi connectivity index (χ4n) is 2.09. The molecule has 0 saturated heterocycles. The molecule has 1 N–H and O–H groups in total. The van der Waals surface area contributed by atoms with Gasteiger partial charge in [0, 0.05) is 15.0 Å². The number of rotatable bonds is 4. The zero-order chi connectivity index (χ0) is 15.6. The predicted octanol–water partition coefficient (Wildman–Crippen LogP) is 6.46. The average molecular weight is 478 g/mol. The number of halogens is 3. The van der Waals surface area contributed by atoms with E-state index in [0.29, 0.717) is 0 Å². The number of benzene rings is 2. The van der Waals surface area contributed by atoms with Crippen LogP contribution in [0, 0.1) is 6.92 Å². The zero-order valence-electron chi connectivity index (χ0n) is 12.0. The summed E-state index contributed by atoms with van der Waals surface area (Å²) in [5, 5.41) is 3.53. The summed E-state index contributed by atoms with van der Waals surface area (Å²) >= 11 is 10.8. The predicted molar refractivity (Wildman–Crippen MR) is 99.3 cm³/mol. The first-order chi connectivity index (χ1) is 9.92. The van der Waals surface area contributed by atoms with E-state index in [1.165, 1.54) is 11.1 Å². The molecule has 0 saturated carbocycles. The molecule has 2 aromatic carbocycles. The SMILES string of the molecule is COc1ccc(C(C)Nc2c(Br)cc(C)cc2Br)cc1Br. The van der Waals surface area contributed by atoms with Crippen LogP contribution in [0.25, 0.3) is 0 Å². The summed E-state index contributed by atoms with van der Waals surface area (Å²) in [5.74, 6) is 0.837. The van der Waals surface area contributed by atoms with Crippen LogP contribution in [0.5, 0.6) is 5.75 Å². The van der Waals surface area contributed by atoms with Gasteiger partial charge in [0.15, 0.2) is 0 Å². The van der Waals surface area contributed by atoms with Gasteiger partial charge in [0.05, 0.1) is 17.3 Å². The van der Waals surface area contributed by atoms with Crippen LogP contribution in [-0.2, 0) is 0 Å². The third kappa shape index (κ3) is 4.02. The summed E-state index contributed by atoms with van der Waals surface area (Å²) in [6.45, 7) is 4.20. The molecule has 0 aromatic heterocycles. The lowest BCUT2D eigenvalue weighted by Crippen LogP contribution is -2.08. The van der Waals surface area contributed by atoms with Gasteiger partial charge in [-0.25, -0.2) is 0 Å². The molecule has 1 atom stereocenters. The van der Waals surface area contributed by atoms with Crippen molar-refractivity contribution in [2.45, 2.75) is 19.9 Å². The first-order valence-corrected chi connectivity index (χ1v) is 8.86. The van der Waals surface area contributed by atoms with Gasteiger partial charge in [-0.1, -0.05) is 6.07 Å². The van der Waals surface area contributed by atoms with Crippen LogP contribution in [0.15, 0.2) is 43.7 Å². The van der Waals surface area contributed by atoms with Gasteiger partial charge in [-0.3, -0.25) is 0 Å². The molecule has 0 amide bonds. The zero-order valence-corrected chi connectivity index (χ0v) is 16.8. The summed E-state index contributed by atoms with van der Waals surface area (Å²) in [5.41, 5.74) is 3.45. The Kier molecular flexibility index (Phi) is 5.74. The molecule has 0 spiro atoms. The minimum Gasteiger partial charge on any atom is -0.496 e. The molecule has 0 radical (unpaired) electrons. The van der Waals surface area contributed by atoms with Crippen LogP contribution >= 0.6 is 47.8 Å². The molecule has 112 valence electrons. The summed E-state index contributed by atoms with van der Waals surface area (Å²) in [4.78, 5) is 0. The Bertz CT molecular complexity index is 635. The number of anilines is 1. The number of hydrogen-bond donors (Lipinski definition) is 1. The van der Waals surface area contributed by atoms with E-state index in [-0.39, 0.29) is 6.04 Å². The molecular weight excluding hydrogens is 462 g/mol. The van der Waals surface area contributed by atoms with Crippen LogP contribution in [-0.4, -0.2) is 7.11 Å². The van der Waals surface area contributed by atoms with Crippen LogP contribution in [0.4, 0.5) is 5.69 Å². The van der Waals surface area contributed by atoms with E-state index in [9.17, 15) is 0 Å². The number of ether oxygens (including phenoxy) is 1. The average Bonchev–Trinajstić information content (AvgIpc) is 2.42. The number of nitrogens with one attached hydrogen (secondary N) is 1. The summed E-state index contributed by atoms with van der Waals surface area (Å²) in [6.07, 6.45) is 0. The normalized spacial score (nSPS) is 12.1. The summed E-state index contributed by atoms with van der Waals surface area (Å²) in [7, 11) is 1.67. The second-order valence-electron chi connectivity index (χ2n) is 4.86. The van der Waals surface area contributed by atoms with Crippen LogP contribution in [0.2, 0.25) is 0 Å². The van der Waals surface area contributed by atoms with Gasteiger partial charge in [0.2, 0.25) is 0 Å². The van der Waals surface area contributed by atoms with Crippen molar-refractivity contribution in [2.75, 3.05) is 12.4 Å². The first-order valence-electron chi connectivity index (χ1n) is 6.48. The van der Waals surface area contributed by atoms with E-state index in [1.54, 1.807) is 7.11 Å². The van der Waals surface area contributed by atoms with E-state index in [2.05, 4.69) is 91.2 Å². The van der Waals surface area contributed by atoms with Gasteiger partial charge in [-0.15, -0.1) is 0 Å². The highest BCUT2D eigenvalue weighted by atomic mass is 79.9. The smallest absolute Gasteiger partial charge is 0.133 e. The molecule has 0 heterocycles. The highest BCUT2D eigenvalue weighted by molar-refractivity contribution is 9.11. The van der Waals surface area contributed by atoms with Gasteiger partial charge in [0.25, 0.3) is 0 Å². The van der Waals surface area contributed by atoms with E-state index in [4.69, 9.17) is 4.74 Å². The Balaban J connectivity index is 2.26. The highest BCUT2D eigenvalue weighted by Gasteiger charge is 2.12. The Labute approximate surface area is 150 Å². The Morgan fingerprint density at radius 3 is 2.14 bits per heavy atom.